The summed E-state index contributed by atoms with van der Waals surface area (Å²) in [7, 11) is 0. The molecular formula is C8H11NO4. The SMILES string of the molecule is CCC(=O)C(=O)C(C)=NOC(C)=O. The number of nitrogens with zero attached hydrogens (tertiary/aromatic N) is 1. The van der Waals surface area contributed by atoms with Gasteiger partial charge in [-0.1, -0.05) is 12.1 Å². The average Bonchev–Trinajstić information content (AvgIpc) is 2.11. The van der Waals surface area contributed by atoms with Gasteiger partial charge in [0.25, 0.3) is 0 Å². The molecule has 0 fully saturated rings. The van der Waals surface area contributed by atoms with Gasteiger partial charge in [0.2, 0.25) is 11.6 Å². The number of rotatable bonds is 4. The molecule has 0 heterocycles. The molecule has 0 unspecified atom stereocenters. The van der Waals surface area contributed by atoms with E-state index in [2.05, 4.69) is 9.99 Å². The van der Waals surface area contributed by atoms with E-state index in [0.717, 1.165) is 6.92 Å². The first-order valence-corrected chi connectivity index (χ1v) is 3.78. The Morgan fingerprint density at radius 3 is 2.15 bits per heavy atom. The van der Waals surface area contributed by atoms with Gasteiger partial charge >= 0.3 is 5.97 Å². The minimum atomic E-state index is -0.719. The monoisotopic (exact) mass is 185 g/mol. The Kier molecular flexibility index (Phi) is 4.58. The number of hydrogen-bond acceptors (Lipinski definition) is 5. The van der Waals surface area contributed by atoms with Crippen molar-refractivity contribution in [2.24, 2.45) is 5.16 Å². The molecule has 72 valence electrons. The first kappa shape index (κ1) is 11.5. The summed E-state index contributed by atoms with van der Waals surface area (Å²) in [6.07, 6.45) is 0.117. The van der Waals surface area contributed by atoms with Crippen molar-refractivity contribution in [3.05, 3.63) is 0 Å². The Morgan fingerprint density at radius 2 is 1.77 bits per heavy atom. The lowest BCUT2D eigenvalue weighted by Gasteiger charge is -1.95. The van der Waals surface area contributed by atoms with Crippen LogP contribution >= 0.6 is 0 Å². The molecular weight excluding hydrogens is 174 g/mol. The van der Waals surface area contributed by atoms with Crippen molar-refractivity contribution in [1.29, 1.82) is 0 Å². The Bertz CT molecular complexity index is 267. The molecule has 0 aliphatic rings. The Morgan fingerprint density at radius 1 is 1.23 bits per heavy atom. The van der Waals surface area contributed by atoms with Crippen molar-refractivity contribution in [2.75, 3.05) is 0 Å². The van der Waals surface area contributed by atoms with E-state index in [0.29, 0.717) is 0 Å². The molecule has 13 heavy (non-hydrogen) atoms. The van der Waals surface area contributed by atoms with Crippen LogP contribution in [0.2, 0.25) is 0 Å². The number of ketones is 2. The minimum Gasteiger partial charge on any atom is -0.318 e. The number of oxime groups is 1. The predicted octanol–water partition coefficient (Wildman–Crippen LogP) is 0.474. The fourth-order valence-corrected chi connectivity index (χ4v) is 0.537. The normalized spacial score (nSPS) is 10.8. The van der Waals surface area contributed by atoms with Gasteiger partial charge in [0.15, 0.2) is 0 Å². The number of Topliss-reactive ketones (excluding diaryl/α,β-unsaturated/α-hetero) is 2. The summed E-state index contributed by atoms with van der Waals surface area (Å²) in [5, 5.41) is 3.19. The van der Waals surface area contributed by atoms with Crippen LogP contribution in [0.25, 0.3) is 0 Å². The zero-order valence-electron chi connectivity index (χ0n) is 7.79. The maximum atomic E-state index is 11.0. The molecule has 0 amide bonds. The molecule has 5 nitrogen and oxygen atoms in total. The highest BCUT2D eigenvalue weighted by Crippen LogP contribution is 1.89. The van der Waals surface area contributed by atoms with Crippen LogP contribution in [0.5, 0.6) is 0 Å². The summed E-state index contributed by atoms with van der Waals surface area (Å²) in [5.74, 6) is -1.90. The van der Waals surface area contributed by atoms with Gasteiger partial charge < -0.3 is 4.84 Å². The van der Waals surface area contributed by atoms with Crippen LogP contribution in [0, 0.1) is 0 Å². The van der Waals surface area contributed by atoms with Crippen LogP contribution in [-0.4, -0.2) is 23.2 Å². The van der Waals surface area contributed by atoms with Crippen molar-refractivity contribution in [1.82, 2.24) is 0 Å². The molecule has 0 atom stereocenters. The third-order valence-corrected chi connectivity index (χ3v) is 1.21. The quantitative estimate of drug-likeness (QED) is 0.276. The van der Waals surface area contributed by atoms with E-state index in [1.807, 2.05) is 0 Å². The fraction of sp³-hybridized carbons (Fsp3) is 0.500. The molecule has 0 radical (unpaired) electrons. The van der Waals surface area contributed by atoms with Crippen LogP contribution in [0.3, 0.4) is 0 Å². The summed E-state index contributed by atoms with van der Waals surface area (Å²) < 4.78 is 0. The lowest BCUT2D eigenvalue weighted by Crippen LogP contribution is -2.21. The van der Waals surface area contributed by atoms with Gasteiger partial charge in [-0.25, -0.2) is 4.79 Å². The van der Waals surface area contributed by atoms with Gasteiger partial charge in [-0.2, -0.15) is 0 Å². The number of carbonyl (C=O) groups is 3. The number of carbonyl (C=O) groups excluding carboxylic acids is 3. The van der Waals surface area contributed by atoms with Crippen LogP contribution in [-0.2, 0) is 19.2 Å². The van der Waals surface area contributed by atoms with Crippen molar-refractivity contribution in [2.45, 2.75) is 27.2 Å². The second-order valence-corrected chi connectivity index (χ2v) is 2.37. The molecule has 0 aromatic carbocycles. The summed E-state index contributed by atoms with van der Waals surface area (Å²) in [5.41, 5.74) is -0.109. The van der Waals surface area contributed by atoms with Gasteiger partial charge in [-0.05, 0) is 6.92 Å². The van der Waals surface area contributed by atoms with Gasteiger partial charge in [-0.3, -0.25) is 9.59 Å². The summed E-state index contributed by atoms with van der Waals surface area (Å²) in [6.45, 7) is 4.04. The molecule has 0 saturated heterocycles. The first-order valence-electron chi connectivity index (χ1n) is 3.78. The average molecular weight is 185 g/mol. The molecule has 0 aromatic rings. The largest absolute Gasteiger partial charge is 0.331 e. The standard InChI is InChI=1S/C8H11NO4/c1-4-7(11)8(12)5(2)9-13-6(3)10/h4H2,1-3H3. The smallest absolute Gasteiger partial charge is 0.318 e. The van der Waals surface area contributed by atoms with Crippen LogP contribution in [0.4, 0.5) is 0 Å². The molecule has 0 rings (SSSR count). The Labute approximate surface area is 75.7 Å². The van der Waals surface area contributed by atoms with Crippen molar-refractivity contribution in [3.8, 4) is 0 Å². The van der Waals surface area contributed by atoms with Crippen molar-refractivity contribution >= 4 is 23.2 Å². The summed E-state index contributed by atoms with van der Waals surface area (Å²) >= 11 is 0. The lowest BCUT2D eigenvalue weighted by atomic mass is 10.1. The van der Waals surface area contributed by atoms with Gasteiger partial charge in [-0.15, -0.1) is 0 Å². The van der Waals surface area contributed by atoms with Crippen LogP contribution in [0.1, 0.15) is 27.2 Å². The molecule has 0 saturated carbocycles. The number of hydrogen-bond donors (Lipinski definition) is 0. The molecule has 0 aromatic heterocycles. The lowest BCUT2D eigenvalue weighted by molar-refractivity contribution is -0.141. The minimum absolute atomic E-state index is 0.109. The predicted molar refractivity (Wildman–Crippen MR) is 45.2 cm³/mol. The van der Waals surface area contributed by atoms with E-state index in [4.69, 9.17) is 0 Å². The van der Waals surface area contributed by atoms with E-state index in [1.165, 1.54) is 6.92 Å². The Balaban J connectivity index is 4.33. The van der Waals surface area contributed by atoms with Crippen molar-refractivity contribution < 1.29 is 19.2 Å². The van der Waals surface area contributed by atoms with Gasteiger partial charge in [0.05, 0.1) is 0 Å². The molecule has 5 heteroatoms. The van der Waals surface area contributed by atoms with E-state index in [-0.39, 0.29) is 12.1 Å². The molecule has 0 aliphatic heterocycles. The third-order valence-electron chi connectivity index (χ3n) is 1.21. The van der Waals surface area contributed by atoms with E-state index in [9.17, 15) is 14.4 Å². The summed E-state index contributed by atoms with van der Waals surface area (Å²) in [4.78, 5) is 36.3. The zero-order valence-corrected chi connectivity index (χ0v) is 7.79. The van der Waals surface area contributed by atoms with Crippen molar-refractivity contribution in [3.63, 3.8) is 0 Å². The fourth-order valence-electron chi connectivity index (χ4n) is 0.537. The second-order valence-electron chi connectivity index (χ2n) is 2.37. The maximum absolute atomic E-state index is 11.0. The maximum Gasteiger partial charge on any atom is 0.331 e. The highest BCUT2D eigenvalue weighted by molar-refractivity contribution is 6.64. The van der Waals surface area contributed by atoms with Crippen LogP contribution in [0.15, 0.2) is 5.16 Å². The second kappa shape index (κ2) is 5.18. The van der Waals surface area contributed by atoms with Gasteiger partial charge in [0, 0.05) is 13.3 Å². The van der Waals surface area contributed by atoms with E-state index >= 15 is 0 Å². The Hall–Kier alpha value is -1.52. The molecule has 0 N–H and O–H groups in total. The van der Waals surface area contributed by atoms with Gasteiger partial charge in [0.1, 0.15) is 5.71 Å². The highest BCUT2D eigenvalue weighted by atomic mass is 16.7. The molecule has 0 spiro atoms. The third kappa shape index (κ3) is 4.15. The van der Waals surface area contributed by atoms with E-state index < -0.39 is 17.5 Å². The topological polar surface area (TPSA) is 72.8 Å². The molecule has 0 bridgehead atoms. The highest BCUT2D eigenvalue weighted by Gasteiger charge is 2.15. The van der Waals surface area contributed by atoms with Crippen LogP contribution < -0.4 is 0 Å². The summed E-state index contributed by atoms with van der Waals surface area (Å²) in [6, 6.07) is 0. The zero-order chi connectivity index (χ0) is 10.4. The first-order chi connectivity index (χ1) is 5.99. The van der Waals surface area contributed by atoms with E-state index in [1.54, 1.807) is 6.92 Å². The molecule has 0 aliphatic carbocycles.